The van der Waals surface area contributed by atoms with Gasteiger partial charge in [-0.2, -0.15) is 5.10 Å². The number of hydrogen-bond donors (Lipinski definition) is 0. The van der Waals surface area contributed by atoms with E-state index in [2.05, 4.69) is 72.0 Å². The predicted octanol–water partition coefficient (Wildman–Crippen LogP) is 3.84. The van der Waals surface area contributed by atoms with Gasteiger partial charge in [0.15, 0.2) is 5.82 Å². The van der Waals surface area contributed by atoms with E-state index in [0.717, 1.165) is 29.9 Å². The van der Waals surface area contributed by atoms with Gasteiger partial charge in [-0.05, 0) is 75.7 Å². The second-order valence-corrected chi connectivity index (χ2v) is 12.0. The molecule has 0 N–H and O–H groups in total. The van der Waals surface area contributed by atoms with Crippen molar-refractivity contribution in [1.29, 1.82) is 0 Å². The van der Waals surface area contributed by atoms with Gasteiger partial charge in [0.05, 0.1) is 21.7 Å². The first-order chi connectivity index (χ1) is 13.3. The Hall–Kier alpha value is -1.08. The van der Waals surface area contributed by atoms with Crippen LogP contribution in [0.1, 0.15) is 66.1 Å². The summed E-state index contributed by atoms with van der Waals surface area (Å²) < 4.78 is 3.37. The Balaban J connectivity index is 1.48. The van der Waals surface area contributed by atoms with Crippen molar-refractivity contribution >= 4 is 27.7 Å². The monoisotopic (exact) mass is 465 g/mol. The Morgan fingerprint density at radius 1 is 1.14 bits per heavy atom. The van der Waals surface area contributed by atoms with E-state index in [0.29, 0.717) is 11.5 Å². The fourth-order valence-corrected chi connectivity index (χ4v) is 5.91. The van der Waals surface area contributed by atoms with E-state index in [4.69, 9.17) is 5.10 Å². The molecule has 1 aromatic heterocycles. The normalized spacial score (nSPS) is 24.6. The zero-order valence-corrected chi connectivity index (χ0v) is 20.6. The summed E-state index contributed by atoms with van der Waals surface area (Å²) >= 11 is 3.84. The third-order valence-electron chi connectivity index (χ3n) is 7.35. The molecule has 0 radical (unpaired) electrons. The SMILES string of the molecule is CC(=O)N1CCN(c2nn(C3CC4(C3)CN(C(C)(C)C)C4)c(C)c2Br)C(C)(C)C1. The molecule has 3 aliphatic rings. The maximum absolute atomic E-state index is 11.8. The quantitative estimate of drug-likeness (QED) is 0.665. The second-order valence-electron chi connectivity index (χ2n) is 11.2. The molecule has 4 rings (SSSR count). The standard InChI is InChI=1S/C22H36BrN5O/c1-15-18(23)19(27-9-8-25(16(2)29)12-21(27,6)7)24-28(15)17-10-22(11-17)13-26(14-22)20(3,4)5/h17H,8-14H2,1-7H3. The van der Waals surface area contributed by atoms with Crippen LogP contribution >= 0.6 is 15.9 Å². The van der Waals surface area contributed by atoms with Crippen molar-refractivity contribution in [2.45, 2.75) is 78.4 Å². The Labute approximate surface area is 183 Å². The van der Waals surface area contributed by atoms with Crippen LogP contribution in [0.3, 0.4) is 0 Å². The Morgan fingerprint density at radius 3 is 2.28 bits per heavy atom. The molecule has 2 aliphatic heterocycles. The second kappa shape index (κ2) is 6.71. The molecule has 1 saturated carbocycles. The van der Waals surface area contributed by atoms with E-state index >= 15 is 0 Å². The lowest BCUT2D eigenvalue weighted by Gasteiger charge is -2.62. The summed E-state index contributed by atoms with van der Waals surface area (Å²) in [6.07, 6.45) is 2.46. The highest BCUT2D eigenvalue weighted by atomic mass is 79.9. The molecule has 29 heavy (non-hydrogen) atoms. The fraction of sp³-hybridized carbons (Fsp3) is 0.818. The highest BCUT2D eigenvalue weighted by molar-refractivity contribution is 9.10. The molecule has 0 unspecified atom stereocenters. The van der Waals surface area contributed by atoms with Crippen molar-refractivity contribution in [3.63, 3.8) is 0 Å². The first kappa shape index (κ1) is 21.2. The molecule has 1 aliphatic carbocycles. The number of hydrogen-bond acceptors (Lipinski definition) is 4. The molecular formula is C22H36BrN5O. The number of rotatable bonds is 2. The molecule has 0 atom stereocenters. The first-order valence-corrected chi connectivity index (χ1v) is 11.7. The number of piperazine rings is 1. The van der Waals surface area contributed by atoms with Crippen LogP contribution in [0.15, 0.2) is 4.47 Å². The van der Waals surface area contributed by atoms with Gasteiger partial charge in [0.1, 0.15) is 0 Å². The third kappa shape index (κ3) is 3.52. The van der Waals surface area contributed by atoms with Crippen LogP contribution in [-0.2, 0) is 4.79 Å². The molecule has 2 saturated heterocycles. The van der Waals surface area contributed by atoms with Crippen LogP contribution in [0.5, 0.6) is 0 Å². The van der Waals surface area contributed by atoms with Gasteiger partial charge >= 0.3 is 0 Å². The maximum Gasteiger partial charge on any atom is 0.219 e. The van der Waals surface area contributed by atoms with Crippen LogP contribution in [-0.4, -0.2) is 69.3 Å². The molecule has 7 heteroatoms. The average Bonchev–Trinajstić information content (AvgIpc) is 2.79. The third-order valence-corrected chi connectivity index (χ3v) is 8.28. The molecule has 1 spiro atoms. The van der Waals surface area contributed by atoms with Crippen molar-refractivity contribution in [2.24, 2.45) is 5.41 Å². The van der Waals surface area contributed by atoms with Gasteiger partial charge in [-0.15, -0.1) is 0 Å². The Bertz CT molecular complexity index is 810. The van der Waals surface area contributed by atoms with Crippen LogP contribution in [0, 0.1) is 12.3 Å². The Kier molecular flexibility index (Phi) is 4.90. The van der Waals surface area contributed by atoms with Crippen molar-refractivity contribution in [1.82, 2.24) is 19.6 Å². The number of aromatic nitrogens is 2. The van der Waals surface area contributed by atoms with E-state index in [1.54, 1.807) is 6.92 Å². The lowest BCUT2D eigenvalue weighted by Crippen LogP contribution is -2.67. The minimum atomic E-state index is -0.139. The first-order valence-electron chi connectivity index (χ1n) is 10.9. The van der Waals surface area contributed by atoms with E-state index in [-0.39, 0.29) is 17.0 Å². The van der Waals surface area contributed by atoms with Crippen molar-refractivity contribution in [3.05, 3.63) is 10.2 Å². The number of carbonyl (C=O) groups is 1. The summed E-state index contributed by atoms with van der Waals surface area (Å²) in [5, 5.41) is 5.09. The van der Waals surface area contributed by atoms with E-state index in [1.165, 1.54) is 31.6 Å². The minimum Gasteiger partial charge on any atom is -0.346 e. The van der Waals surface area contributed by atoms with Gasteiger partial charge < -0.3 is 9.80 Å². The van der Waals surface area contributed by atoms with Gasteiger partial charge in [0.2, 0.25) is 5.91 Å². The Morgan fingerprint density at radius 2 is 1.76 bits per heavy atom. The van der Waals surface area contributed by atoms with Crippen LogP contribution < -0.4 is 4.90 Å². The number of carbonyl (C=O) groups excluding carboxylic acids is 1. The predicted molar refractivity (Wildman–Crippen MR) is 120 cm³/mol. The number of amides is 1. The van der Waals surface area contributed by atoms with Crippen LogP contribution in [0.2, 0.25) is 0 Å². The van der Waals surface area contributed by atoms with Gasteiger partial charge in [0.25, 0.3) is 0 Å². The summed E-state index contributed by atoms with van der Waals surface area (Å²) in [4.78, 5) is 18.8. The van der Waals surface area contributed by atoms with Crippen molar-refractivity contribution < 1.29 is 4.79 Å². The molecule has 162 valence electrons. The van der Waals surface area contributed by atoms with Gasteiger partial charge in [-0.3, -0.25) is 14.4 Å². The zero-order chi connectivity index (χ0) is 21.4. The average molecular weight is 466 g/mol. The maximum atomic E-state index is 11.8. The molecule has 0 aromatic carbocycles. The topological polar surface area (TPSA) is 44.6 Å². The van der Waals surface area contributed by atoms with Gasteiger partial charge in [-0.25, -0.2) is 0 Å². The van der Waals surface area contributed by atoms with Gasteiger partial charge in [0, 0.05) is 45.2 Å². The molecule has 1 aromatic rings. The fourth-order valence-electron chi connectivity index (χ4n) is 5.44. The number of halogens is 1. The van der Waals surface area contributed by atoms with E-state index in [9.17, 15) is 4.79 Å². The lowest BCUT2D eigenvalue weighted by atomic mass is 9.59. The largest absolute Gasteiger partial charge is 0.346 e. The molecule has 3 heterocycles. The highest BCUT2D eigenvalue weighted by Gasteiger charge is 2.55. The smallest absolute Gasteiger partial charge is 0.219 e. The van der Waals surface area contributed by atoms with E-state index in [1.807, 2.05) is 4.90 Å². The summed E-state index contributed by atoms with van der Waals surface area (Å²) in [7, 11) is 0. The van der Waals surface area contributed by atoms with Crippen molar-refractivity contribution in [3.8, 4) is 0 Å². The van der Waals surface area contributed by atoms with Gasteiger partial charge in [-0.1, -0.05) is 0 Å². The summed E-state index contributed by atoms with van der Waals surface area (Å²) in [6.45, 7) is 19.9. The summed E-state index contributed by atoms with van der Waals surface area (Å²) in [5.74, 6) is 1.18. The van der Waals surface area contributed by atoms with E-state index < -0.39 is 0 Å². The molecule has 0 bridgehead atoms. The van der Waals surface area contributed by atoms with Crippen molar-refractivity contribution in [2.75, 3.05) is 37.6 Å². The molecular weight excluding hydrogens is 430 g/mol. The number of likely N-dealkylation sites (tertiary alicyclic amines) is 1. The lowest BCUT2D eigenvalue weighted by molar-refractivity contribution is -0.130. The molecule has 3 fully saturated rings. The highest BCUT2D eigenvalue weighted by Crippen LogP contribution is 2.56. The van der Waals surface area contributed by atoms with Crippen LogP contribution in [0.25, 0.3) is 0 Å². The minimum absolute atomic E-state index is 0.139. The number of nitrogens with zero attached hydrogens (tertiary/aromatic N) is 5. The molecule has 1 amide bonds. The summed E-state index contributed by atoms with van der Waals surface area (Å²) in [6, 6.07) is 0.504. The van der Waals surface area contributed by atoms with Crippen LogP contribution in [0.4, 0.5) is 5.82 Å². The molecule has 6 nitrogen and oxygen atoms in total. The zero-order valence-electron chi connectivity index (χ0n) is 19.0. The number of anilines is 1. The summed E-state index contributed by atoms with van der Waals surface area (Å²) in [5.41, 5.74) is 1.87.